The maximum absolute atomic E-state index is 13.0. The number of carbonyl (C=O) groups excluding carboxylic acids is 1. The van der Waals surface area contributed by atoms with Crippen molar-refractivity contribution in [1.82, 2.24) is 4.90 Å². The summed E-state index contributed by atoms with van der Waals surface area (Å²) in [5, 5.41) is 1.63. The van der Waals surface area contributed by atoms with E-state index in [0.717, 1.165) is 15.2 Å². The van der Waals surface area contributed by atoms with E-state index >= 15 is 0 Å². The molecule has 2 aromatic rings. The SMILES string of the molecule is O=C(c1cccc2cccc(Br)c12)N1CCCC(C(F)(F)F)C1. The summed E-state index contributed by atoms with van der Waals surface area (Å²) in [6.07, 6.45) is -3.79. The lowest BCUT2D eigenvalue weighted by Gasteiger charge is -2.34. The molecule has 0 spiro atoms. The van der Waals surface area contributed by atoms with Crippen molar-refractivity contribution in [3.63, 3.8) is 0 Å². The van der Waals surface area contributed by atoms with Gasteiger partial charge in [-0.05, 0) is 30.4 Å². The monoisotopic (exact) mass is 385 g/mol. The Bertz CT molecular complexity index is 739. The zero-order chi connectivity index (χ0) is 16.6. The summed E-state index contributed by atoms with van der Waals surface area (Å²) in [6, 6.07) is 10.9. The van der Waals surface area contributed by atoms with Gasteiger partial charge in [0.25, 0.3) is 5.91 Å². The Kier molecular flexibility index (Phi) is 4.36. The number of fused-ring (bicyclic) bond motifs is 1. The van der Waals surface area contributed by atoms with Crippen LogP contribution in [-0.2, 0) is 0 Å². The van der Waals surface area contributed by atoms with Gasteiger partial charge >= 0.3 is 6.18 Å². The van der Waals surface area contributed by atoms with Crippen molar-refractivity contribution in [3.8, 4) is 0 Å². The maximum atomic E-state index is 13.0. The third-order valence-electron chi connectivity index (χ3n) is 4.26. The topological polar surface area (TPSA) is 20.3 Å². The van der Waals surface area contributed by atoms with Gasteiger partial charge in [-0.15, -0.1) is 0 Å². The van der Waals surface area contributed by atoms with Gasteiger partial charge in [-0.1, -0.05) is 40.2 Å². The minimum absolute atomic E-state index is 0.0898. The molecule has 6 heteroatoms. The van der Waals surface area contributed by atoms with E-state index in [1.165, 1.54) is 4.90 Å². The van der Waals surface area contributed by atoms with Crippen molar-refractivity contribution in [2.75, 3.05) is 13.1 Å². The van der Waals surface area contributed by atoms with E-state index in [9.17, 15) is 18.0 Å². The normalized spacial score (nSPS) is 19.1. The lowest BCUT2D eigenvalue weighted by molar-refractivity contribution is -0.184. The minimum atomic E-state index is -4.25. The van der Waals surface area contributed by atoms with Crippen LogP contribution < -0.4 is 0 Å². The molecule has 122 valence electrons. The van der Waals surface area contributed by atoms with Crippen LogP contribution in [0.4, 0.5) is 13.2 Å². The molecule has 0 radical (unpaired) electrons. The number of piperidine rings is 1. The van der Waals surface area contributed by atoms with Gasteiger partial charge in [0, 0.05) is 28.5 Å². The van der Waals surface area contributed by atoms with Crippen LogP contribution in [-0.4, -0.2) is 30.1 Å². The van der Waals surface area contributed by atoms with E-state index in [-0.39, 0.29) is 18.9 Å². The minimum Gasteiger partial charge on any atom is -0.338 e. The molecule has 0 bridgehead atoms. The molecule has 1 unspecified atom stereocenters. The molecular weight excluding hydrogens is 371 g/mol. The lowest BCUT2D eigenvalue weighted by atomic mass is 9.96. The smallest absolute Gasteiger partial charge is 0.338 e. The molecule has 2 aromatic carbocycles. The summed E-state index contributed by atoms with van der Waals surface area (Å²) in [5.74, 6) is -1.77. The summed E-state index contributed by atoms with van der Waals surface area (Å²) >= 11 is 3.43. The molecule has 23 heavy (non-hydrogen) atoms. The second-order valence-electron chi connectivity index (χ2n) is 5.78. The average molecular weight is 386 g/mol. The summed E-state index contributed by atoms with van der Waals surface area (Å²) in [6.45, 7) is 0.107. The number of carbonyl (C=O) groups is 1. The van der Waals surface area contributed by atoms with E-state index in [1.54, 1.807) is 12.1 Å². The Labute approximate surface area is 140 Å². The van der Waals surface area contributed by atoms with Crippen molar-refractivity contribution in [2.45, 2.75) is 19.0 Å². The summed E-state index contributed by atoms with van der Waals surface area (Å²) in [5.41, 5.74) is 0.442. The highest BCUT2D eigenvalue weighted by Gasteiger charge is 2.42. The predicted octanol–water partition coefficient (Wildman–Crippen LogP) is 5.02. The molecule has 3 rings (SSSR count). The summed E-state index contributed by atoms with van der Waals surface area (Å²) < 4.78 is 39.6. The molecule has 1 heterocycles. The van der Waals surface area contributed by atoms with Crippen LogP contribution in [0, 0.1) is 5.92 Å². The standard InChI is InChI=1S/C17H15BrF3NO/c18-14-8-2-5-11-4-1-7-13(15(11)14)16(23)22-9-3-6-12(10-22)17(19,20)21/h1-2,4-5,7-8,12H,3,6,9-10H2. The van der Waals surface area contributed by atoms with E-state index in [4.69, 9.17) is 0 Å². The van der Waals surface area contributed by atoms with Crippen LogP contribution in [0.15, 0.2) is 40.9 Å². The van der Waals surface area contributed by atoms with Gasteiger partial charge in [-0.3, -0.25) is 4.79 Å². The van der Waals surface area contributed by atoms with E-state index in [1.807, 2.05) is 24.3 Å². The molecule has 1 fully saturated rings. The van der Waals surface area contributed by atoms with Crippen LogP contribution in [0.3, 0.4) is 0 Å². The molecule has 1 atom stereocenters. The Morgan fingerprint density at radius 2 is 1.87 bits per heavy atom. The fraction of sp³-hybridized carbons (Fsp3) is 0.353. The molecule has 0 aromatic heterocycles. The van der Waals surface area contributed by atoms with Gasteiger partial charge in [-0.25, -0.2) is 0 Å². The van der Waals surface area contributed by atoms with Crippen LogP contribution in [0.1, 0.15) is 23.2 Å². The first kappa shape index (κ1) is 16.3. The summed E-state index contributed by atoms with van der Waals surface area (Å²) in [4.78, 5) is 14.1. The fourth-order valence-corrected chi connectivity index (χ4v) is 3.67. The molecule has 2 nitrogen and oxygen atoms in total. The molecule has 1 saturated heterocycles. The van der Waals surface area contributed by atoms with Crippen molar-refractivity contribution in [3.05, 3.63) is 46.4 Å². The first-order chi connectivity index (χ1) is 10.9. The van der Waals surface area contributed by atoms with Crippen molar-refractivity contribution in [2.24, 2.45) is 5.92 Å². The number of nitrogens with zero attached hydrogens (tertiary/aromatic N) is 1. The van der Waals surface area contributed by atoms with Gasteiger partial charge in [0.2, 0.25) is 0 Å². The largest absolute Gasteiger partial charge is 0.393 e. The van der Waals surface area contributed by atoms with Crippen LogP contribution in [0.5, 0.6) is 0 Å². The van der Waals surface area contributed by atoms with Crippen molar-refractivity contribution in [1.29, 1.82) is 0 Å². The van der Waals surface area contributed by atoms with Gasteiger partial charge in [0.05, 0.1) is 5.92 Å². The number of rotatable bonds is 1. The van der Waals surface area contributed by atoms with Gasteiger partial charge < -0.3 is 4.90 Å². The number of hydrogen-bond acceptors (Lipinski definition) is 1. The van der Waals surface area contributed by atoms with Crippen molar-refractivity contribution >= 4 is 32.6 Å². The number of benzene rings is 2. The first-order valence-electron chi connectivity index (χ1n) is 7.41. The number of halogens is 4. The van der Waals surface area contributed by atoms with E-state index < -0.39 is 12.1 Å². The zero-order valence-corrected chi connectivity index (χ0v) is 13.8. The first-order valence-corrected chi connectivity index (χ1v) is 8.20. The fourth-order valence-electron chi connectivity index (χ4n) is 3.07. The van der Waals surface area contributed by atoms with Gasteiger partial charge in [0.1, 0.15) is 0 Å². The summed E-state index contributed by atoms with van der Waals surface area (Å²) in [7, 11) is 0. The van der Waals surface area contributed by atoms with E-state index in [0.29, 0.717) is 18.5 Å². The Morgan fingerprint density at radius 1 is 1.17 bits per heavy atom. The number of amides is 1. The van der Waals surface area contributed by atoms with Crippen LogP contribution in [0.2, 0.25) is 0 Å². The average Bonchev–Trinajstić information content (AvgIpc) is 2.53. The molecule has 0 saturated carbocycles. The molecular formula is C17H15BrF3NO. The quantitative estimate of drug-likeness (QED) is 0.674. The number of likely N-dealkylation sites (tertiary alicyclic amines) is 1. The maximum Gasteiger partial charge on any atom is 0.393 e. The highest BCUT2D eigenvalue weighted by molar-refractivity contribution is 9.10. The molecule has 1 aliphatic rings. The Hall–Kier alpha value is -1.56. The third kappa shape index (κ3) is 3.22. The highest BCUT2D eigenvalue weighted by Crippen LogP contribution is 2.34. The van der Waals surface area contributed by atoms with Crippen molar-refractivity contribution < 1.29 is 18.0 Å². The molecule has 1 aliphatic heterocycles. The lowest BCUT2D eigenvalue weighted by Crippen LogP contribution is -2.44. The van der Waals surface area contributed by atoms with E-state index in [2.05, 4.69) is 15.9 Å². The molecule has 1 amide bonds. The highest BCUT2D eigenvalue weighted by atomic mass is 79.9. The van der Waals surface area contributed by atoms with Crippen LogP contribution >= 0.6 is 15.9 Å². The zero-order valence-electron chi connectivity index (χ0n) is 12.2. The second-order valence-corrected chi connectivity index (χ2v) is 6.63. The second kappa shape index (κ2) is 6.15. The Morgan fingerprint density at radius 3 is 2.57 bits per heavy atom. The van der Waals surface area contributed by atoms with Crippen LogP contribution in [0.25, 0.3) is 10.8 Å². The van der Waals surface area contributed by atoms with Gasteiger partial charge in [-0.2, -0.15) is 13.2 Å². The third-order valence-corrected chi connectivity index (χ3v) is 4.92. The molecule has 0 N–H and O–H groups in total. The number of hydrogen-bond donors (Lipinski definition) is 0. The Balaban J connectivity index is 1.95. The van der Waals surface area contributed by atoms with Gasteiger partial charge in [0.15, 0.2) is 0 Å². The number of alkyl halides is 3. The predicted molar refractivity (Wildman–Crippen MR) is 86.3 cm³/mol. The molecule has 0 aliphatic carbocycles.